The van der Waals surface area contributed by atoms with Gasteiger partial charge in [0, 0.05) is 16.6 Å². The Labute approximate surface area is 135 Å². The molecule has 2 aromatic carbocycles. The van der Waals surface area contributed by atoms with E-state index in [0.717, 1.165) is 0 Å². The Hall–Kier alpha value is -1.93. The van der Waals surface area contributed by atoms with Crippen molar-refractivity contribution in [3.05, 3.63) is 61.0 Å². The highest BCUT2D eigenvalue weighted by molar-refractivity contribution is 9.10. The average Bonchev–Trinajstić information content (AvgIpc) is 2.42. The number of nitrogens with zero attached hydrogens (tertiary/aromatic N) is 1. The molecule has 0 fully saturated rings. The van der Waals surface area contributed by atoms with Gasteiger partial charge < -0.3 is 9.84 Å². The summed E-state index contributed by atoms with van der Waals surface area (Å²) in [6.07, 6.45) is 0. The van der Waals surface area contributed by atoms with Crippen LogP contribution in [0.15, 0.2) is 45.3 Å². The van der Waals surface area contributed by atoms with Gasteiger partial charge in [0.2, 0.25) is 0 Å². The summed E-state index contributed by atoms with van der Waals surface area (Å²) in [7, 11) is 0. The smallest absolute Gasteiger partial charge is 0.339 e. The van der Waals surface area contributed by atoms with Crippen LogP contribution >= 0.6 is 31.9 Å². The first kappa shape index (κ1) is 15.5. The highest BCUT2D eigenvalue weighted by atomic mass is 79.9. The van der Waals surface area contributed by atoms with Crippen molar-refractivity contribution in [1.29, 1.82) is 0 Å². The number of nitro groups is 1. The summed E-state index contributed by atoms with van der Waals surface area (Å²) in [5.74, 6) is -0.713. The highest BCUT2D eigenvalue weighted by Crippen LogP contribution is 2.34. The molecule has 0 aliphatic heterocycles. The number of hydrogen-bond donors (Lipinski definition) is 1. The van der Waals surface area contributed by atoms with Gasteiger partial charge in [-0.2, -0.15) is 0 Å². The lowest BCUT2D eigenvalue weighted by Gasteiger charge is -2.10. The van der Waals surface area contributed by atoms with Crippen molar-refractivity contribution in [2.45, 2.75) is 0 Å². The molecule has 2 rings (SSSR count). The number of halogens is 2. The number of non-ortho nitro benzene ring substituents is 1. The quantitative estimate of drug-likeness (QED) is 0.580. The van der Waals surface area contributed by atoms with Gasteiger partial charge in [-0.05, 0) is 40.2 Å². The molecule has 0 bridgehead atoms. The van der Waals surface area contributed by atoms with Gasteiger partial charge in [0.1, 0.15) is 17.1 Å². The van der Waals surface area contributed by atoms with Gasteiger partial charge in [-0.25, -0.2) is 4.79 Å². The summed E-state index contributed by atoms with van der Waals surface area (Å²) >= 11 is 6.35. The molecule has 0 heterocycles. The van der Waals surface area contributed by atoms with Crippen LogP contribution in [-0.2, 0) is 0 Å². The predicted molar refractivity (Wildman–Crippen MR) is 82.0 cm³/mol. The van der Waals surface area contributed by atoms with Gasteiger partial charge in [0.05, 0.1) is 9.40 Å². The molecule has 0 spiro atoms. The number of carbonyl (C=O) groups is 1. The van der Waals surface area contributed by atoms with Crippen LogP contribution in [0.25, 0.3) is 0 Å². The number of aromatic carboxylic acids is 1. The summed E-state index contributed by atoms with van der Waals surface area (Å²) in [5, 5.41) is 19.8. The molecule has 0 radical (unpaired) electrons. The van der Waals surface area contributed by atoms with Gasteiger partial charge in [-0.15, -0.1) is 0 Å². The van der Waals surface area contributed by atoms with Crippen molar-refractivity contribution in [3.8, 4) is 11.5 Å². The molecule has 6 nitrogen and oxygen atoms in total. The molecule has 0 saturated heterocycles. The molecule has 0 aliphatic rings. The summed E-state index contributed by atoms with van der Waals surface area (Å²) in [5.41, 5.74) is -0.113. The van der Waals surface area contributed by atoms with E-state index in [0.29, 0.717) is 8.95 Å². The Morgan fingerprint density at radius 3 is 2.38 bits per heavy atom. The van der Waals surface area contributed by atoms with Crippen LogP contribution in [0.4, 0.5) is 5.69 Å². The van der Waals surface area contributed by atoms with Crippen molar-refractivity contribution in [1.82, 2.24) is 0 Å². The van der Waals surface area contributed by atoms with Crippen LogP contribution in [0.5, 0.6) is 11.5 Å². The standard InChI is InChI=1S/C13H7Br2NO5/c14-7-1-3-11(9(5-7)13(17)18)21-12-4-2-8(16(19)20)6-10(12)15/h1-6H,(H,17,18). The van der Waals surface area contributed by atoms with Gasteiger partial charge in [0.15, 0.2) is 0 Å². The van der Waals surface area contributed by atoms with E-state index in [1.54, 1.807) is 6.07 Å². The van der Waals surface area contributed by atoms with Crippen LogP contribution in [0.1, 0.15) is 10.4 Å². The molecule has 0 aliphatic carbocycles. The second-order valence-corrected chi connectivity index (χ2v) is 5.69. The molecule has 1 N–H and O–H groups in total. The minimum absolute atomic E-state index is 0.0189. The fourth-order valence-electron chi connectivity index (χ4n) is 1.56. The first-order valence-corrected chi connectivity index (χ1v) is 7.11. The third-order valence-corrected chi connectivity index (χ3v) is 3.63. The Morgan fingerprint density at radius 1 is 1.14 bits per heavy atom. The zero-order valence-corrected chi connectivity index (χ0v) is 13.4. The fourth-order valence-corrected chi connectivity index (χ4v) is 2.37. The molecule has 0 atom stereocenters. The first-order chi connectivity index (χ1) is 9.88. The third-order valence-electron chi connectivity index (χ3n) is 2.52. The van der Waals surface area contributed by atoms with E-state index in [-0.39, 0.29) is 22.7 Å². The molecule has 0 unspecified atom stereocenters. The topological polar surface area (TPSA) is 89.7 Å². The average molecular weight is 417 g/mol. The minimum atomic E-state index is -1.13. The van der Waals surface area contributed by atoms with Crippen molar-refractivity contribution in [2.75, 3.05) is 0 Å². The van der Waals surface area contributed by atoms with E-state index in [9.17, 15) is 14.9 Å². The maximum atomic E-state index is 11.2. The number of benzene rings is 2. The highest BCUT2D eigenvalue weighted by Gasteiger charge is 2.15. The SMILES string of the molecule is O=C(O)c1cc(Br)ccc1Oc1ccc([N+](=O)[O-])cc1Br. The molecule has 0 amide bonds. The van der Waals surface area contributed by atoms with E-state index in [1.165, 1.54) is 30.3 Å². The monoisotopic (exact) mass is 415 g/mol. The number of nitro benzene ring substituents is 1. The molecule has 0 aromatic heterocycles. The Balaban J connectivity index is 2.39. The zero-order valence-electron chi connectivity index (χ0n) is 10.2. The molecular weight excluding hydrogens is 410 g/mol. The molecule has 0 saturated carbocycles. The van der Waals surface area contributed by atoms with Crippen LogP contribution in [0, 0.1) is 10.1 Å². The second-order valence-electron chi connectivity index (χ2n) is 3.92. The van der Waals surface area contributed by atoms with E-state index in [2.05, 4.69) is 31.9 Å². The lowest BCUT2D eigenvalue weighted by atomic mass is 10.2. The predicted octanol–water partition coefficient (Wildman–Crippen LogP) is 4.61. The number of rotatable bonds is 4. The maximum absolute atomic E-state index is 11.2. The van der Waals surface area contributed by atoms with E-state index >= 15 is 0 Å². The molecule has 2 aromatic rings. The van der Waals surface area contributed by atoms with E-state index in [1.807, 2.05) is 0 Å². The first-order valence-electron chi connectivity index (χ1n) is 5.53. The molecule has 108 valence electrons. The van der Waals surface area contributed by atoms with Crippen LogP contribution in [0.2, 0.25) is 0 Å². The van der Waals surface area contributed by atoms with E-state index < -0.39 is 10.9 Å². The van der Waals surface area contributed by atoms with Gasteiger partial charge >= 0.3 is 5.97 Å². The summed E-state index contributed by atoms with van der Waals surface area (Å²) in [4.78, 5) is 21.3. The molecule has 8 heteroatoms. The summed E-state index contributed by atoms with van der Waals surface area (Å²) in [6, 6.07) is 8.52. The van der Waals surface area contributed by atoms with Gasteiger partial charge in [-0.1, -0.05) is 15.9 Å². The Kier molecular flexibility index (Phi) is 4.59. The summed E-state index contributed by atoms with van der Waals surface area (Å²) in [6.45, 7) is 0. The Bertz CT molecular complexity index is 732. The van der Waals surface area contributed by atoms with Gasteiger partial charge in [0.25, 0.3) is 5.69 Å². The number of carboxylic acid groups (broad SMARTS) is 1. The molecular formula is C13H7Br2NO5. The van der Waals surface area contributed by atoms with Crippen LogP contribution in [0.3, 0.4) is 0 Å². The van der Waals surface area contributed by atoms with Crippen LogP contribution in [-0.4, -0.2) is 16.0 Å². The van der Waals surface area contributed by atoms with Crippen LogP contribution < -0.4 is 4.74 Å². The number of carboxylic acids is 1. The number of hydrogen-bond acceptors (Lipinski definition) is 4. The zero-order chi connectivity index (χ0) is 15.6. The van der Waals surface area contributed by atoms with Gasteiger partial charge in [-0.3, -0.25) is 10.1 Å². The van der Waals surface area contributed by atoms with Crippen molar-refractivity contribution in [3.63, 3.8) is 0 Å². The number of ether oxygens (including phenoxy) is 1. The third kappa shape index (κ3) is 3.59. The molecule has 21 heavy (non-hydrogen) atoms. The normalized spacial score (nSPS) is 10.2. The largest absolute Gasteiger partial charge is 0.478 e. The summed E-state index contributed by atoms with van der Waals surface area (Å²) < 4.78 is 6.48. The lowest BCUT2D eigenvalue weighted by molar-refractivity contribution is -0.384. The van der Waals surface area contributed by atoms with Crippen molar-refractivity contribution in [2.24, 2.45) is 0 Å². The van der Waals surface area contributed by atoms with Crippen molar-refractivity contribution < 1.29 is 19.6 Å². The fraction of sp³-hybridized carbons (Fsp3) is 0. The van der Waals surface area contributed by atoms with E-state index in [4.69, 9.17) is 9.84 Å². The second kappa shape index (κ2) is 6.23. The van der Waals surface area contributed by atoms with Crippen molar-refractivity contribution >= 4 is 43.5 Å². The maximum Gasteiger partial charge on any atom is 0.339 e. The Morgan fingerprint density at radius 2 is 1.81 bits per heavy atom. The lowest BCUT2D eigenvalue weighted by Crippen LogP contribution is -2.00. The minimum Gasteiger partial charge on any atom is -0.478 e.